The van der Waals surface area contributed by atoms with Crippen LogP contribution in [0.1, 0.15) is 25.3 Å². The van der Waals surface area contributed by atoms with Crippen LogP contribution >= 0.6 is 0 Å². The number of aryl methyl sites for hydroxylation is 1. The molecule has 4 heteroatoms. The predicted octanol–water partition coefficient (Wildman–Crippen LogP) is 4.27. The molecule has 0 saturated carbocycles. The van der Waals surface area contributed by atoms with Gasteiger partial charge in [-0.05, 0) is 18.1 Å². The Balaban J connectivity index is 1.98. The van der Waals surface area contributed by atoms with Crippen molar-refractivity contribution in [3.05, 3.63) is 54.1 Å². The average Bonchev–Trinajstić information content (AvgIpc) is 2.98. The van der Waals surface area contributed by atoms with Crippen LogP contribution in [0.4, 0.5) is 5.69 Å². The van der Waals surface area contributed by atoms with Crippen LogP contribution in [-0.4, -0.2) is 21.5 Å². The van der Waals surface area contributed by atoms with Crippen molar-refractivity contribution in [2.24, 2.45) is 7.05 Å². The molecule has 0 N–H and O–H groups in total. The van der Waals surface area contributed by atoms with Gasteiger partial charge in [0.05, 0.1) is 5.69 Å². The minimum absolute atomic E-state index is 0.914. The summed E-state index contributed by atoms with van der Waals surface area (Å²) in [6.45, 7) is 4.21. The monoisotopic (exact) mass is 318 g/mol. The minimum atomic E-state index is 0.914. The second-order valence-electron chi connectivity index (χ2n) is 6.36. The Labute approximate surface area is 142 Å². The molecule has 0 radical (unpaired) electrons. The van der Waals surface area contributed by atoms with Gasteiger partial charge in [-0.1, -0.05) is 61.0 Å². The molecule has 0 fully saturated rings. The largest absolute Gasteiger partial charge is 0.367 e. The fraction of sp³-hybridized carbons (Fsp3) is 0.300. The maximum absolute atomic E-state index is 4.50. The first kappa shape index (κ1) is 14.9. The Morgan fingerprint density at radius 3 is 2.58 bits per heavy atom. The van der Waals surface area contributed by atoms with E-state index >= 15 is 0 Å². The van der Waals surface area contributed by atoms with Crippen molar-refractivity contribution in [2.45, 2.75) is 26.3 Å². The zero-order chi connectivity index (χ0) is 16.5. The lowest BCUT2D eigenvalue weighted by molar-refractivity contribution is 0.712. The molecule has 24 heavy (non-hydrogen) atoms. The minimum Gasteiger partial charge on any atom is -0.367 e. The standard InChI is InChI=1S/C20H22N4/c1-3-4-13-24-14-15-9-5-6-10-16(15)20-19(21-22-23(20)2)17-11-7-8-12-18(17)24/h5-12H,3-4,13-14H2,1-2H3. The third-order valence-electron chi connectivity index (χ3n) is 4.74. The van der Waals surface area contributed by atoms with Crippen LogP contribution in [0.3, 0.4) is 0 Å². The first-order chi connectivity index (χ1) is 11.8. The average molecular weight is 318 g/mol. The zero-order valence-corrected chi connectivity index (χ0v) is 14.2. The van der Waals surface area contributed by atoms with Gasteiger partial charge < -0.3 is 4.90 Å². The lowest BCUT2D eigenvalue weighted by Gasteiger charge is -2.30. The van der Waals surface area contributed by atoms with E-state index in [4.69, 9.17) is 0 Å². The molecule has 0 amide bonds. The molecule has 0 saturated heterocycles. The normalized spacial score (nSPS) is 12.8. The Bertz CT molecular complexity index is 866. The maximum Gasteiger partial charge on any atom is 0.123 e. The van der Waals surface area contributed by atoms with Crippen LogP contribution in [0.25, 0.3) is 22.5 Å². The summed E-state index contributed by atoms with van der Waals surface area (Å²) in [7, 11) is 1.97. The number of benzene rings is 2. The van der Waals surface area contributed by atoms with Gasteiger partial charge in [-0.25, -0.2) is 4.68 Å². The molecule has 0 aliphatic carbocycles. The molecule has 2 aromatic carbocycles. The molecular formula is C20H22N4. The highest BCUT2D eigenvalue weighted by molar-refractivity contribution is 5.87. The highest BCUT2D eigenvalue weighted by atomic mass is 15.4. The van der Waals surface area contributed by atoms with Gasteiger partial charge in [0.25, 0.3) is 0 Å². The summed E-state index contributed by atoms with van der Waals surface area (Å²) >= 11 is 0. The molecule has 2 heterocycles. The number of nitrogens with zero attached hydrogens (tertiary/aromatic N) is 4. The lowest BCUT2D eigenvalue weighted by Crippen LogP contribution is -2.25. The van der Waals surface area contributed by atoms with Gasteiger partial charge in [-0.15, -0.1) is 5.10 Å². The topological polar surface area (TPSA) is 34.0 Å². The molecule has 1 aliphatic rings. The quantitative estimate of drug-likeness (QED) is 0.723. The number of hydrogen-bond acceptors (Lipinski definition) is 3. The van der Waals surface area contributed by atoms with E-state index in [0.29, 0.717) is 0 Å². The van der Waals surface area contributed by atoms with E-state index in [-0.39, 0.29) is 0 Å². The first-order valence-corrected chi connectivity index (χ1v) is 8.62. The van der Waals surface area contributed by atoms with Crippen molar-refractivity contribution in [1.29, 1.82) is 0 Å². The van der Waals surface area contributed by atoms with Crippen molar-refractivity contribution < 1.29 is 0 Å². The van der Waals surface area contributed by atoms with Crippen LogP contribution in [0.2, 0.25) is 0 Å². The third kappa shape index (κ3) is 2.39. The summed E-state index contributed by atoms with van der Waals surface area (Å²) in [6.07, 6.45) is 2.38. The highest BCUT2D eigenvalue weighted by Gasteiger charge is 2.25. The number of para-hydroxylation sites is 1. The summed E-state index contributed by atoms with van der Waals surface area (Å²) in [5.74, 6) is 0. The van der Waals surface area contributed by atoms with E-state index in [1.54, 1.807) is 0 Å². The van der Waals surface area contributed by atoms with Gasteiger partial charge in [-0.3, -0.25) is 0 Å². The molecule has 0 atom stereocenters. The Hall–Kier alpha value is -2.62. The Kier molecular flexibility index (Phi) is 3.81. The van der Waals surface area contributed by atoms with Crippen molar-refractivity contribution >= 4 is 5.69 Å². The van der Waals surface area contributed by atoms with Crippen molar-refractivity contribution in [3.8, 4) is 22.5 Å². The molecule has 0 spiro atoms. The molecule has 1 aromatic heterocycles. The number of aromatic nitrogens is 3. The molecule has 4 nitrogen and oxygen atoms in total. The van der Waals surface area contributed by atoms with Gasteiger partial charge in [0.15, 0.2) is 0 Å². The molecule has 0 unspecified atom stereocenters. The van der Waals surface area contributed by atoms with Gasteiger partial charge in [-0.2, -0.15) is 0 Å². The highest BCUT2D eigenvalue weighted by Crippen LogP contribution is 2.40. The molecule has 4 rings (SSSR count). The van der Waals surface area contributed by atoms with E-state index in [2.05, 4.69) is 70.7 Å². The molecule has 3 aromatic rings. The Morgan fingerprint density at radius 1 is 1.00 bits per heavy atom. The van der Waals surface area contributed by atoms with E-state index in [1.807, 2.05) is 11.7 Å². The summed E-state index contributed by atoms with van der Waals surface area (Å²) in [5, 5.41) is 8.81. The summed E-state index contributed by atoms with van der Waals surface area (Å²) in [6, 6.07) is 17.2. The maximum atomic E-state index is 4.50. The van der Waals surface area contributed by atoms with Crippen LogP contribution in [-0.2, 0) is 13.6 Å². The molecule has 122 valence electrons. The Morgan fingerprint density at radius 2 is 1.75 bits per heavy atom. The molecule has 1 aliphatic heterocycles. The fourth-order valence-electron chi connectivity index (χ4n) is 3.52. The van der Waals surface area contributed by atoms with Crippen LogP contribution in [0.5, 0.6) is 0 Å². The van der Waals surface area contributed by atoms with Crippen LogP contribution < -0.4 is 4.90 Å². The van der Waals surface area contributed by atoms with Gasteiger partial charge in [0, 0.05) is 37.0 Å². The SMILES string of the molecule is CCCCN1Cc2ccccc2-c2c(nnn2C)-c2ccccc21. The number of rotatable bonds is 3. The second-order valence-corrected chi connectivity index (χ2v) is 6.36. The second kappa shape index (κ2) is 6.11. The third-order valence-corrected chi connectivity index (χ3v) is 4.74. The summed E-state index contributed by atoms with van der Waals surface area (Å²) < 4.78 is 1.90. The van der Waals surface area contributed by atoms with Gasteiger partial charge >= 0.3 is 0 Å². The van der Waals surface area contributed by atoms with Crippen LogP contribution in [0.15, 0.2) is 48.5 Å². The summed E-state index contributed by atoms with van der Waals surface area (Å²) in [4.78, 5) is 2.48. The van der Waals surface area contributed by atoms with E-state index in [0.717, 1.165) is 24.5 Å². The predicted molar refractivity (Wildman–Crippen MR) is 97.8 cm³/mol. The first-order valence-electron chi connectivity index (χ1n) is 8.62. The lowest BCUT2D eigenvalue weighted by atomic mass is 9.95. The molecular weight excluding hydrogens is 296 g/mol. The van der Waals surface area contributed by atoms with E-state index in [1.165, 1.54) is 35.2 Å². The van der Waals surface area contributed by atoms with E-state index in [9.17, 15) is 0 Å². The van der Waals surface area contributed by atoms with Crippen LogP contribution in [0, 0.1) is 0 Å². The molecule has 0 bridgehead atoms. The number of hydrogen-bond donors (Lipinski definition) is 0. The summed E-state index contributed by atoms with van der Waals surface area (Å²) in [5.41, 5.74) is 7.06. The van der Waals surface area contributed by atoms with Crippen molar-refractivity contribution in [2.75, 3.05) is 11.4 Å². The van der Waals surface area contributed by atoms with E-state index < -0.39 is 0 Å². The van der Waals surface area contributed by atoms with Gasteiger partial charge in [0.2, 0.25) is 0 Å². The number of fused-ring (bicyclic) bond motifs is 5. The van der Waals surface area contributed by atoms with Crippen molar-refractivity contribution in [3.63, 3.8) is 0 Å². The number of anilines is 1. The fourth-order valence-corrected chi connectivity index (χ4v) is 3.52. The van der Waals surface area contributed by atoms with Gasteiger partial charge in [0.1, 0.15) is 5.69 Å². The van der Waals surface area contributed by atoms with Crippen molar-refractivity contribution in [1.82, 2.24) is 15.0 Å². The number of unbranched alkanes of at least 4 members (excludes halogenated alkanes) is 1. The smallest absolute Gasteiger partial charge is 0.123 e. The zero-order valence-electron chi connectivity index (χ0n) is 14.2.